The second kappa shape index (κ2) is 8.41. The van der Waals surface area contributed by atoms with Crippen molar-refractivity contribution in [2.45, 2.75) is 44.0 Å². The first kappa shape index (κ1) is 14.6. The van der Waals surface area contributed by atoms with Gasteiger partial charge in [0.05, 0.1) is 6.10 Å². The van der Waals surface area contributed by atoms with Crippen LogP contribution in [0.4, 0.5) is 0 Å². The molecular formula is C14H28N2OS. The molecule has 106 valence electrons. The third kappa shape index (κ3) is 5.08. The van der Waals surface area contributed by atoms with Crippen LogP contribution in [-0.4, -0.2) is 61.3 Å². The molecule has 2 fully saturated rings. The highest BCUT2D eigenvalue weighted by atomic mass is 32.2. The van der Waals surface area contributed by atoms with Crippen molar-refractivity contribution in [1.29, 1.82) is 0 Å². The number of hydrogen-bond donors (Lipinski definition) is 1. The molecule has 0 radical (unpaired) electrons. The monoisotopic (exact) mass is 272 g/mol. The van der Waals surface area contributed by atoms with E-state index in [1.165, 1.54) is 51.1 Å². The van der Waals surface area contributed by atoms with Crippen LogP contribution in [0.15, 0.2) is 0 Å². The molecule has 2 rings (SSSR count). The summed E-state index contributed by atoms with van der Waals surface area (Å²) in [5, 5.41) is 4.24. The molecule has 1 N–H and O–H groups in total. The number of nitrogens with one attached hydrogen (secondary N) is 1. The van der Waals surface area contributed by atoms with Gasteiger partial charge in [-0.15, -0.1) is 0 Å². The van der Waals surface area contributed by atoms with E-state index < -0.39 is 0 Å². The molecule has 0 saturated carbocycles. The summed E-state index contributed by atoms with van der Waals surface area (Å²) in [5.74, 6) is 1.31. The van der Waals surface area contributed by atoms with Gasteiger partial charge in [0.15, 0.2) is 0 Å². The number of rotatable bonds is 6. The van der Waals surface area contributed by atoms with Crippen LogP contribution in [0.1, 0.15) is 32.6 Å². The van der Waals surface area contributed by atoms with Crippen molar-refractivity contribution in [1.82, 2.24) is 10.2 Å². The molecule has 0 bridgehead atoms. The van der Waals surface area contributed by atoms with Crippen LogP contribution < -0.4 is 5.32 Å². The SMILES string of the molecule is CCC1CN(CCCOC2CCNCC2)CCS1. The van der Waals surface area contributed by atoms with Gasteiger partial charge < -0.3 is 15.0 Å². The molecular weight excluding hydrogens is 244 g/mol. The van der Waals surface area contributed by atoms with Gasteiger partial charge in [0, 0.05) is 37.2 Å². The fourth-order valence-corrected chi connectivity index (χ4v) is 3.98. The summed E-state index contributed by atoms with van der Waals surface area (Å²) in [6.45, 7) is 9.30. The third-order valence-corrected chi connectivity index (χ3v) is 5.31. The Morgan fingerprint density at radius 1 is 1.33 bits per heavy atom. The Labute approximate surface area is 116 Å². The molecule has 2 saturated heterocycles. The maximum absolute atomic E-state index is 5.96. The Balaban J connectivity index is 1.52. The summed E-state index contributed by atoms with van der Waals surface area (Å²) in [7, 11) is 0. The molecule has 2 aliphatic rings. The zero-order valence-electron chi connectivity index (χ0n) is 11.7. The minimum absolute atomic E-state index is 0.520. The third-order valence-electron chi connectivity index (χ3n) is 3.94. The van der Waals surface area contributed by atoms with E-state index in [2.05, 4.69) is 28.9 Å². The van der Waals surface area contributed by atoms with Crippen molar-refractivity contribution < 1.29 is 4.74 Å². The van der Waals surface area contributed by atoms with Crippen LogP contribution in [0.5, 0.6) is 0 Å². The molecule has 18 heavy (non-hydrogen) atoms. The lowest BCUT2D eigenvalue weighted by atomic mass is 10.1. The zero-order valence-corrected chi connectivity index (χ0v) is 12.5. The van der Waals surface area contributed by atoms with Crippen molar-refractivity contribution in [3.63, 3.8) is 0 Å². The molecule has 2 heterocycles. The van der Waals surface area contributed by atoms with Gasteiger partial charge in [-0.2, -0.15) is 11.8 Å². The summed E-state index contributed by atoms with van der Waals surface area (Å²) >= 11 is 2.15. The van der Waals surface area contributed by atoms with Crippen molar-refractivity contribution >= 4 is 11.8 Å². The summed E-state index contributed by atoms with van der Waals surface area (Å²) in [6, 6.07) is 0. The number of ether oxygens (including phenoxy) is 1. The smallest absolute Gasteiger partial charge is 0.0599 e. The predicted octanol–water partition coefficient (Wildman–Crippen LogP) is 1.97. The van der Waals surface area contributed by atoms with Crippen LogP contribution in [0.25, 0.3) is 0 Å². The zero-order chi connectivity index (χ0) is 12.6. The van der Waals surface area contributed by atoms with Gasteiger partial charge in [-0.25, -0.2) is 0 Å². The number of thioether (sulfide) groups is 1. The fraction of sp³-hybridized carbons (Fsp3) is 1.00. The summed E-state index contributed by atoms with van der Waals surface area (Å²) < 4.78 is 5.96. The molecule has 0 aliphatic carbocycles. The van der Waals surface area contributed by atoms with E-state index in [9.17, 15) is 0 Å². The van der Waals surface area contributed by atoms with Crippen LogP contribution >= 0.6 is 11.8 Å². The second-order valence-corrected chi connectivity index (χ2v) is 6.78. The summed E-state index contributed by atoms with van der Waals surface area (Å²) in [5.41, 5.74) is 0. The lowest BCUT2D eigenvalue weighted by Gasteiger charge is -2.32. The Hall–Kier alpha value is 0.230. The van der Waals surface area contributed by atoms with Gasteiger partial charge >= 0.3 is 0 Å². The maximum Gasteiger partial charge on any atom is 0.0599 e. The van der Waals surface area contributed by atoms with Gasteiger partial charge in [-0.1, -0.05) is 6.92 Å². The van der Waals surface area contributed by atoms with Crippen LogP contribution in [0.3, 0.4) is 0 Å². The Bertz CT molecular complexity index is 222. The molecule has 3 nitrogen and oxygen atoms in total. The molecule has 2 aliphatic heterocycles. The largest absolute Gasteiger partial charge is 0.378 e. The van der Waals surface area contributed by atoms with Gasteiger partial charge in [0.25, 0.3) is 0 Å². The molecule has 1 unspecified atom stereocenters. The Kier molecular flexibility index (Phi) is 6.84. The highest BCUT2D eigenvalue weighted by Gasteiger charge is 2.18. The molecule has 0 aromatic carbocycles. The first-order chi connectivity index (χ1) is 8.88. The van der Waals surface area contributed by atoms with E-state index in [0.717, 1.165) is 24.9 Å². The Morgan fingerprint density at radius 3 is 2.94 bits per heavy atom. The molecule has 0 aromatic rings. The molecule has 0 spiro atoms. The van der Waals surface area contributed by atoms with E-state index in [1.807, 2.05) is 0 Å². The average molecular weight is 272 g/mol. The highest BCUT2D eigenvalue weighted by molar-refractivity contribution is 8.00. The molecule has 4 heteroatoms. The van der Waals surface area contributed by atoms with E-state index in [1.54, 1.807) is 0 Å². The normalized spacial score (nSPS) is 27.5. The van der Waals surface area contributed by atoms with Crippen LogP contribution in [0, 0.1) is 0 Å². The van der Waals surface area contributed by atoms with Crippen molar-refractivity contribution in [3.8, 4) is 0 Å². The first-order valence-corrected chi connectivity index (χ1v) is 8.59. The van der Waals surface area contributed by atoms with Crippen LogP contribution in [0.2, 0.25) is 0 Å². The van der Waals surface area contributed by atoms with Crippen molar-refractivity contribution in [2.75, 3.05) is 45.1 Å². The van der Waals surface area contributed by atoms with E-state index in [4.69, 9.17) is 4.74 Å². The fourth-order valence-electron chi connectivity index (χ4n) is 2.73. The van der Waals surface area contributed by atoms with Gasteiger partial charge in [-0.3, -0.25) is 0 Å². The summed E-state index contributed by atoms with van der Waals surface area (Å²) in [6.07, 6.45) is 5.42. The first-order valence-electron chi connectivity index (χ1n) is 7.54. The maximum atomic E-state index is 5.96. The van der Waals surface area contributed by atoms with Crippen molar-refractivity contribution in [2.24, 2.45) is 0 Å². The minimum atomic E-state index is 0.520. The highest BCUT2D eigenvalue weighted by Crippen LogP contribution is 2.21. The topological polar surface area (TPSA) is 24.5 Å². The Morgan fingerprint density at radius 2 is 2.17 bits per heavy atom. The average Bonchev–Trinajstić information content (AvgIpc) is 2.45. The van der Waals surface area contributed by atoms with Crippen LogP contribution in [-0.2, 0) is 4.74 Å². The van der Waals surface area contributed by atoms with E-state index >= 15 is 0 Å². The number of piperidine rings is 1. The lowest BCUT2D eigenvalue weighted by molar-refractivity contribution is 0.0279. The summed E-state index contributed by atoms with van der Waals surface area (Å²) in [4.78, 5) is 2.62. The second-order valence-electron chi connectivity index (χ2n) is 5.38. The van der Waals surface area contributed by atoms with Crippen molar-refractivity contribution in [3.05, 3.63) is 0 Å². The molecule has 0 amide bonds. The quantitative estimate of drug-likeness (QED) is 0.747. The lowest BCUT2D eigenvalue weighted by Crippen LogP contribution is -2.38. The number of hydrogen-bond acceptors (Lipinski definition) is 4. The van der Waals surface area contributed by atoms with E-state index in [-0.39, 0.29) is 0 Å². The van der Waals surface area contributed by atoms with Gasteiger partial charge in [-0.05, 0) is 38.8 Å². The standard InChI is InChI=1S/C14H28N2OS/c1-2-14-12-16(9-11-18-14)8-3-10-17-13-4-6-15-7-5-13/h13-15H,2-12H2,1H3. The van der Waals surface area contributed by atoms with Gasteiger partial charge in [0.1, 0.15) is 0 Å². The molecule has 0 aromatic heterocycles. The molecule has 1 atom stereocenters. The van der Waals surface area contributed by atoms with Gasteiger partial charge in [0.2, 0.25) is 0 Å². The number of nitrogens with zero attached hydrogens (tertiary/aromatic N) is 1. The minimum Gasteiger partial charge on any atom is -0.378 e. The predicted molar refractivity (Wildman–Crippen MR) is 79.4 cm³/mol. The van der Waals surface area contributed by atoms with E-state index in [0.29, 0.717) is 6.10 Å².